The molecule has 4 nitrogen and oxygen atoms in total. The van der Waals surface area contributed by atoms with E-state index in [2.05, 4.69) is 5.32 Å². The molecule has 0 bridgehead atoms. The summed E-state index contributed by atoms with van der Waals surface area (Å²) in [6, 6.07) is 0.208. The van der Waals surface area contributed by atoms with Crippen LogP contribution in [0.3, 0.4) is 0 Å². The number of ether oxygens (including phenoxy) is 1. The third-order valence-corrected chi connectivity index (χ3v) is 4.37. The van der Waals surface area contributed by atoms with E-state index in [1.807, 2.05) is 0 Å². The van der Waals surface area contributed by atoms with Crippen LogP contribution in [-0.2, 0) is 9.53 Å². The zero-order valence-electron chi connectivity index (χ0n) is 10.7. The molecule has 2 atom stereocenters. The first-order valence-electron chi connectivity index (χ1n) is 6.74. The fraction of sp³-hybridized carbons (Fsp3) is 0.923. The van der Waals surface area contributed by atoms with E-state index in [9.17, 15) is 4.79 Å². The van der Waals surface area contributed by atoms with E-state index in [-0.39, 0.29) is 23.5 Å². The van der Waals surface area contributed by atoms with E-state index >= 15 is 0 Å². The van der Waals surface area contributed by atoms with Gasteiger partial charge in [0, 0.05) is 25.6 Å². The van der Waals surface area contributed by atoms with E-state index < -0.39 is 0 Å². The number of hydrogen-bond donors (Lipinski definition) is 2. The first kappa shape index (κ1) is 12.8. The molecule has 0 aromatic rings. The highest BCUT2D eigenvalue weighted by Crippen LogP contribution is 2.34. The van der Waals surface area contributed by atoms with E-state index in [0.717, 1.165) is 38.5 Å². The zero-order valence-corrected chi connectivity index (χ0v) is 10.7. The summed E-state index contributed by atoms with van der Waals surface area (Å²) in [5.41, 5.74) is 5.83. The topological polar surface area (TPSA) is 64.3 Å². The Morgan fingerprint density at radius 2 is 2.18 bits per heavy atom. The molecule has 3 N–H and O–H groups in total. The van der Waals surface area contributed by atoms with Gasteiger partial charge in [-0.25, -0.2) is 0 Å². The monoisotopic (exact) mass is 240 g/mol. The molecule has 0 heterocycles. The van der Waals surface area contributed by atoms with Crippen molar-refractivity contribution < 1.29 is 9.53 Å². The van der Waals surface area contributed by atoms with Gasteiger partial charge < -0.3 is 15.8 Å². The van der Waals surface area contributed by atoms with Crippen LogP contribution in [0.15, 0.2) is 0 Å². The second kappa shape index (κ2) is 5.36. The van der Waals surface area contributed by atoms with Crippen molar-refractivity contribution in [3.05, 3.63) is 0 Å². The Bertz CT molecular complexity index is 271. The van der Waals surface area contributed by atoms with Gasteiger partial charge in [0.15, 0.2) is 0 Å². The minimum atomic E-state index is -0.0769. The largest absolute Gasteiger partial charge is 0.376 e. The summed E-state index contributed by atoms with van der Waals surface area (Å²) >= 11 is 0. The van der Waals surface area contributed by atoms with Crippen LogP contribution in [0.5, 0.6) is 0 Å². The van der Waals surface area contributed by atoms with Crippen molar-refractivity contribution in [3.63, 3.8) is 0 Å². The molecule has 0 radical (unpaired) electrons. The maximum atomic E-state index is 12.0. The summed E-state index contributed by atoms with van der Waals surface area (Å²) in [7, 11) is 1.74. The van der Waals surface area contributed by atoms with Crippen molar-refractivity contribution >= 4 is 5.91 Å². The van der Waals surface area contributed by atoms with Gasteiger partial charge in [0.2, 0.25) is 5.91 Å². The lowest BCUT2D eigenvalue weighted by atomic mass is 9.79. The molecule has 0 aliphatic heterocycles. The smallest absolute Gasteiger partial charge is 0.223 e. The minimum Gasteiger partial charge on any atom is -0.376 e. The lowest BCUT2D eigenvalue weighted by Gasteiger charge is -2.41. The summed E-state index contributed by atoms with van der Waals surface area (Å²) in [4.78, 5) is 12.0. The van der Waals surface area contributed by atoms with E-state index in [4.69, 9.17) is 10.5 Å². The molecule has 2 fully saturated rings. The molecular formula is C13H24N2O2. The second-order valence-corrected chi connectivity index (χ2v) is 5.58. The minimum absolute atomic E-state index is 0.0769. The number of hydrogen-bond acceptors (Lipinski definition) is 3. The zero-order chi connectivity index (χ0) is 12.3. The van der Waals surface area contributed by atoms with E-state index in [1.54, 1.807) is 7.11 Å². The van der Waals surface area contributed by atoms with Crippen molar-refractivity contribution in [2.24, 2.45) is 11.7 Å². The summed E-state index contributed by atoms with van der Waals surface area (Å²) in [6.07, 6.45) is 7.30. The van der Waals surface area contributed by atoms with Gasteiger partial charge in [-0.05, 0) is 38.5 Å². The van der Waals surface area contributed by atoms with Crippen molar-refractivity contribution in [1.82, 2.24) is 5.32 Å². The standard InChI is InChI=1S/C13H24N2O2/c1-17-13(6-3-7-13)9-15-12(16)10-4-2-5-11(14)8-10/h10-11H,2-9,14H2,1H3,(H,15,16). The molecule has 2 aliphatic rings. The molecule has 17 heavy (non-hydrogen) atoms. The fourth-order valence-corrected chi connectivity index (χ4v) is 2.88. The summed E-state index contributed by atoms with van der Waals surface area (Å²) in [5.74, 6) is 0.288. The SMILES string of the molecule is COC1(CNC(=O)C2CCCC(N)C2)CCC1. The summed E-state index contributed by atoms with van der Waals surface area (Å²) in [6.45, 7) is 0.661. The molecular weight excluding hydrogens is 216 g/mol. The lowest BCUT2D eigenvalue weighted by molar-refractivity contribution is -0.129. The molecule has 1 amide bonds. The summed E-state index contributed by atoms with van der Waals surface area (Å²) < 4.78 is 5.49. The van der Waals surface area contributed by atoms with Gasteiger partial charge in [-0.3, -0.25) is 4.79 Å². The Kier molecular flexibility index (Phi) is 4.05. The average molecular weight is 240 g/mol. The molecule has 2 rings (SSSR count). The van der Waals surface area contributed by atoms with Crippen LogP contribution < -0.4 is 11.1 Å². The van der Waals surface area contributed by atoms with Crippen LogP contribution >= 0.6 is 0 Å². The number of amides is 1. The summed E-state index contributed by atoms with van der Waals surface area (Å²) in [5, 5.41) is 3.05. The lowest BCUT2D eigenvalue weighted by Crippen LogP contribution is -2.51. The van der Waals surface area contributed by atoms with Crippen LogP contribution in [0.25, 0.3) is 0 Å². The van der Waals surface area contributed by atoms with Gasteiger partial charge in [-0.2, -0.15) is 0 Å². The molecule has 2 aliphatic carbocycles. The van der Waals surface area contributed by atoms with Gasteiger partial charge in [-0.1, -0.05) is 6.42 Å². The van der Waals surface area contributed by atoms with Crippen molar-refractivity contribution in [2.45, 2.75) is 56.6 Å². The Morgan fingerprint density at radius 3 is 2.71 bits per heavy atom. The maximum absolute atomic E-state index is 12.0. The van der Waals surface area contributed by atoms with Crippen molar-refractivity contribution in [1.29, 1.82) is 0 Å². The van der Waals surface area contributed by atoms with Crippen molar-refractivity contribution in [2.75, 3.05) is 13.7 Å². The molecule has 98 valence electrons. The highest BCUT2D eigenvalue weighted by atomic mass is 16.5. The molecule has 0 saturated heterocycles. The van der Waals surface area contributed by atoms with Gasteiger partial charge in [0.05, 0.1) is 5.60 Å². The Balaban J connectivity index is 1.76. The number of methoxy groups -OCH3 is 1. The number of carbonyl (C=O) groups excluding carboxylic acids is 1. The third-order valence-electron chi connectivity index (χ3n) is 4.37. The van der Waals surface area contributed by atoms with Crippen LogP contribution in [0, 0.1) is 5.92 Å². The predicted octanol–water partition coefficient (Wildman–Crippen LogP) is 1.19. The Morgan fingerprint density at radius 1 is 1.41 bits per heavy atom. The fourth-order valence-electron chi connectivity index (χ4n) is 2.88. The van der Waals surface area contributed by atoms with Gasteiger partial charge >= 0.3 is 0 Å². The van der Waals surface area contributed by atoms with Crippen molar-refractivity contribution in [3.8, 4) is 0 Å². The second-order valence-electron chi connectivity index (χ2n) is 5.58. The molecule has 0 aromatic carbocycles. The van der Waals surface area contributed by atoms with Gasteiger partial charge in [0.25, 0.3) is 0 Å². The molecule has 0 spiro atoms. The first-order chi connectivity index (χ1) is 8.15. The maximum Gasteiger partial charge on any atom is 0.223 e. The molecule has 2 saturated carbocycles. The molecule has 4 heteroatoms. The Labute approximate surface area is 103 Å². The average Bonchev–Trinajstić information content (AvgIpc) is 2.28. The van der Waals surface area contributed by atoms with Crippen LogP contribution in [0.4, 0.5) is 0 Å². The number of nitrogens with one attached hydrogen (secondary N) is 1. The van der Waals surface area contributed by atoms with Gasteiger partial charge in [0.1, 0.15) is 0 Å². The number of rotatable bonds is 4. The highest BCUT2D eigenvalue weighted by Gasteiger charge is 2.37. The number of carbonyl (C=O) groups is 1. The quantitative estimate of drug-likeness (QED) is 0.776. The van der Waals surface area contributed by atoms with E-state index in [0.29, 0.717) is 6.54 Å². The van der Waals surface area contributed by atoms with Crippen LogP contribution in [0.2, 0.25) is 0 Å². The molecule has 2 unspecified atom stereocenters. The van der Waals surface area contributed by atoms with Crippen LogP contribution in [0.1, 0.15) is 44.9 Å². The van der Waals surface area contributed by atoms with Gasteiger partial charge in [-0.15, -0.1) is 0 Å². The Hall–Kier alpha value is -0.610. The first-order valence-corrected chi connectivity index (χ1v) is 6.74. The van der Waals surface area contributed by atoms with Crippen LogP contribution in [-0.4, -0.2) is 31.2 Å². The molecule has 0 aromatic heterocycles. The predicted molar refractivity (Wildman–Crippen MR) is 66.5 cm³/mol. The van der Waals surface area contributed by atoms with E-state index in [1.165, 1.54) is 6.42 Å². The third kappa shape index (κ3) is 2.99. The number of nitrogens with two attached hydrogens (primary N) is 1. The normalized spacial score (nSPS) is 31.6. The highest BCUT2D eigenvalue weighted by molar-refractivity contribution is 5.78.